The van der Waals surface area contributed by atoms with E-state index in [4.69, 9.17) is 14.4 Å². The van der Waals surface area contributed by atoms with E-state index in [0.717, 1.165) is 117 Å². The highest BCUT2D eigenvalue weighted by Crippen LogP contribution is 2.50. The van der Waals surface area contributed by atoms with Gasteiger partial charge in [0.05, 0.1) is 16.7 Å². The van der Waals surface area contributed by atoms with Crippen LogP contribution < -0.4 is 0 Å². The Kier molecular flexibility index (Phi) is 10.5. The molecule has 0 saturated heterocycles. The van der Waals surface area contributed by atoms with Gasteiger partial charge < -0.3 is 8.98 Å². The summed E-state index contributed by atoms with van der Waals surface area (Å²) in [6, 6.07) is 97.7. The standard InChI is InChI=1S/C70H45N3O/c1-8-24-46(25-9-1)53-40-57(48-28-12-3-13-29-48)64-61(44-53)73(62-45-54(47-26-10-2-11-27-47)41-58(65(62)64)49-30-14-4-15-31-49)68-59(50-32-16-5-17-33-50)42-55(43-60(68)51-34-18-6-19-35-51)66-69-67(56-38-22-23-39-63(56)74-69)72-70(71-66)52-36-20-7-21-37-52/h1-45H. The number of fused-ring (bicyclic) bond motifs is 6. The van der Waals surface area contributed by atoms with Crippen LogP contribution in [0, 0.1) is 0 Å². The van der Waals surface area contributed by atoms with Crippen molar-refractivity contribution >= 4 is 43.9 Å². The van der Waals surface area contributed by atoms with Crippen LogP contribution in [0.5, 0.6) is 0 Å². The third kappa shape index (κ3) is 7.39. The van der Waals surface area contributed by atoms with E-state index in [9.17, 15) is 0 Å². The fourth-order valence-electron chi connectivity index (χ4n) is 11.0. The fourth-order valence-corrected chi connectivity index (χ4v) is 11.0. The molecule has 0 saturated carbocycles. The zero-order valence-electron chi connectivity index (χ0n) is 40.2. The molecule has 0 N–H and O–H groups in total. The molecule has 0 aliphatic heterocycles. The Bertz CT molecular complexity index is 4160. The number of para-hydroxylation sites is 1. The first-order valence-corrected chi connectivity index (χ1v) is 25.1. The second kappa shape index (κ2) is 18.1. The molecule has 0 fully saturated rings. The first kappa shape index (κ1) is 42.9. The summed E-state index contributed by atoms with van der Waals surface area (Å²) < 4.78 is 9.40. The molecule has 4 nitrogen and oxygen atoms in total. The first-order chi connectivity index (χ1) is 36.7. The lowest BCUT2D eigenvalue weighted by Crippen LogP contribution is -2.03. The molecule has 0 atom stereocenters. The van der Waals surface area contributed by atoms with Gasteiger partial charge in [-0.1, -0.05) is 224 Å². The molecule has 0 spiro atoms. The molecule has 3 aromatic heterocycles. The van der Waals surface area contributed by atoms with Gasteiger partial charge in [-0.3, -0.25) is 0 Å². The van der Waals surface area contributed by atoms with Gasteiger partial charge in [0.2, 0.25) is 0 Å². The fraction of sp³-hybridized carbons (Fsp3) is 0. The average molecular weight is 944 g/mol. The van der Waals surface area contributed by atoms with Gasteiger partial charge in [-0.05, 0) is 104 Å². The molecular weight excluding hydrogens is 899 g/mol. The number of benzene rings is 11. The number of aromatic nitrogens is 3. The molecule has 0 aliphatic rings. The SMILES string of the molecule is c1ccc(-c2cc(-c3ccccc3)c3c4c(-c5ccccc5)cc(-c5ccccc5)cc4n(-c4c(-c5ccccc5)cc(-c5nc(-c6ccccc6)nc6c5oc5ccccc56)cc4-c4ccccc4)c3c2)cc1. The minimum Gasteiger partial charge on any atom is -0.452 e. The van der Waals surface area contributed by atoms with Crippen molar-refractivity contribution in [2.24, 2.45) is 0 Å². The molecule has 0 amide bonds. The maximum Gasteiger partial charge on any atom is 0.180 e. The largest absolute Gasteiger partial charge is 0.452 e. The zero-order chi connectivity index (χ0) is 49.0. The van der Waals surface area contributed by atoms with E-state index >= 15 is 0 Å². The highest BCUT2D eigenvalue weighted by Gasteiger charge is 2.28. The van der Waals surface area contributed by atoms with Gasteiger partial charge in [-0.25, -0.2) is 9.97 Å². The molecule has 0 bridgehead atoms. The van der Waals surface area contributed by atoms with Crippen LogP contribution in [0.4, 0.5) is 0 Å². The third-order valence-electron chi connectivity index (χ3n) is 14.4. The van der Waals surface area contributed by atoms with Crippen LogP contribution in [-0.4, -0.2) is 14.5 Å². The number of hydrogen-bond donors (Lipinski definition) is 0. The molecule has 0 aliphatic carbocycles. The lowest BCUT2D eigenvalue weighted by molar-refractivity contribution is 0.667. The smallest absolute Gasteiger partial charge is 0.180 e. The van der Waals surface area contributed by atoms with Gasteiger partial charge >= 0.3 is 0 Å². The van der Waals surface area contributed by atoms with E-state index in [1.807, 2.05) is 36.4 Å². The van der Waals surface area contributed by atoms with Gasteiger partial charge in [0, 0.05) is 38.4 Å². The van der Waals surface area contributed by atoms with E-state index in [1.54, 1.807) is 0 Å². The van der Waals surface area contributed by atoms with E-state index < -0.39 is 0 Å². The van der Waals surface area contributed by atoms with Crippen molar-refractivity contribution in [1.82, 2.24) is 14.5 Å². The summed E-state index contributed by atoms with van der Waals surface area (Å²) in [5, 5.41) is 3.31. The molecule has 0 unspecified atom stereocenters. The summed E-state index contributed by atoms with van der Waals surface area (Å²) in [7, 11) is 0. The van der Waals surface area contributed by atoms with Crippen molar-refractivity contribution < 1.29 is 4.42 Å². The van der Waals surface area contributed by atoms with E-state index in [0.29, 0.717) is 11.4 Å². The van der Waals surface area contributed by atoms with Crippen LogP contribution in [0.25, 0.3) is 139 Å². The van der Waals surface area contributed by atoms with Crippen molar-refractivity contribution in [3.05, 3.63) is 273 Å². The van der Waals surface area contributed by atoms with Gasteiger partial charge in [0.25, 0.3) is 0 Å². The third-order valence-corrected chi connectivity index (χ3v) is 14.4. The van der Waals surface area contributed by atoms with Crippen molar-refractivity contribution in [3.8, 4) is 95.1 Å². The van der Waals surface area contributed by atoms with Crippen LogP contribution in [0.2, 0.25) is 0 Å². The molecule has 0 radical (unpaired) electrons. The molecule has 14 rings (SSSR count). The Morgan fingerprint density at radius 2 is 0.662 bits per heavy atom. The number of rotatable bonds is 9. The lowest BCUT2D eigenvalue weighted by atomic mass is 9.90. The topological polar surface area (TPSA) is 43.9 Å². The van der Waals surface area contributed by atoms with Crippen LogP contribution in [0.1, 0.15) is 0 Å². The second-order valence-corrected chi connectivity index (χ2v) is 18.8. The Hall–Kier alpha value is -9.90. The van der Waals surface area contributed by atoms with Crippen molar-refractivity contribution in [1.29, 1.82) is 0 Å². The summed E-state index contributed by atoms with van der Waals surface area (Å²) in [5.74, 6) is 0.636. The lowest BCUT2D eigenvalue weighted by Gasteiger charge is -2.22. The molecule has 74 heavy (non-hydrogen) atoms. The number of hydrogen-bond acceptors (Lipinski definition) is 3. The van der Waals surface area contributed by atoms with Crippen molar-refractivity contribution in [3.63, 3.8) is 0 Å². The first-order valence-electron chi connectivity index (χ1n) is 25.1. The molecule has 4 heteroatoms. The summed E-state index contributed by atoms with van der Waals surface area (Å²) in [6.45, 7) is 0. The van der Waals surface area contributed by atoms with Gasteiger partial charge in [-0.2, -0.15) is 0 Å². The van der Waals surface area contributed by atoms with Gasteiger partial charge in [-0.15, -0.1) is 0 Å². The van der Waals surface area contributed by atoms with E-state index in [1.165, 1.54) is 10.8 Å². The average Bonchev–Trinajstić information content (AvgIpc) is 4.09. The van der Waals surface area contributed by atoms with E-state index in [2.05, 4.69) is 241 Å². The zero-order valence-corrected chi connectivity index (χ0v) is 40.2. The van der Waals surface area contributed by atoms with Crippen molar-refractivity contribution in [2.75, 3.05) is 0 Å². The van der Waals surface area contributed by atoms with Crippen LogP contribution in [-0.2, 0) is 0 Å². The Morgan fingerprint density at radius 3 is 1.11 bits per heavy atom. The second-order valence-electron chi connectivity index (χ2n) is 18.8. The maximum atomic E-state index is 6.83. The monoisotopic (exact) mass is 943 g/mol. The molecule has 11 aromatic carbocycles. The van der Waals surface area contributed by atoms with Gasteiger partial charge in [0.1, 0.15) is 16.8 Å². The Balaban J connectivity index is 1.20. The summed E-state index contributed by atoms with van der Waals surface area (Å²) >= 11 is 0. The predicted octanol–water partition coefficient (Wildman–Crippen LogP) is 18.8. The summed E-state index contributed by atoms with van der Waals surface area (Å²) in [4.78, 5) is 10.7. The minimum absolute atomic E-state index is 0.636. The van der Waals surface area contributed by atoms with Crippen LogP contribution >= 0.6 is 0 Å². The predicted molar refractivity (Wildman–Crippen MR) is 307 cm³/mol. The maximum absolute atomic E-state index is 6.83. The number of nitrogens with zero attached hydrogens (tertiary/aromatic N) is 3. The summed E-state index contributed by atoms with van der Waals surface area (Å²) in [5.41, 5.74) is 21.4. The number of furan rings is 1. The Morgan fingerprint density at radius 1 is 0.297 bits per heavy atom. The highest BCUT2D eigenvalue weighted by atomic mass is 16.3. The summed E-state index contributed by atoms with van der Waals surface area (Å²) in [6.07, 6.45) is 0. The van der Waals surface area contributed by atoms with Gasteiger partial charge in [0.15, 0.2) is 11.4 Å². The van der Waals surface area contributed by atoms with Crippen LogP contribution in [0.15, 0.2) is 277 Å². The highest BCUT2D eigenvalue weighted by molar-refractivity contribution is 6.23. The molecular formula is C70H45N3O. The normalized spacial score (nSPS) is 11.5. The van der Waals surface area contributed by atoms with Crippen molar-refractivity contribution in [2.45, 2.75) is 0 Å². The molecule has 3 heterocycles. The Labute approximate surface area is 428 Å². The molecule has 14 aromatic rings. The molecule has 346 valence electrons. The quantitative estimate of drug-likeness (QED) is 0.145. The van der Waals surface area contributed by atoms with Crippen LogP contribution in [0.3, 0.4) is 0 Å². The minimum atomic E-state index is 0.636. The van der Waals surface area contributed by atoms with E-state index in [-0.39, 0.29) is 0 Å².